The van der Waals surface area contributed by atoms with Gasteiger partial charge in [0.25, 0.3) is 5.91 Å². The molecule has 0 spiro atoms. The minimum absolute atomic E-state index is 0.181. The molecule has 104 valence electrons. The number of carbonyl (C=O) groups excluding carboxylic acids is 1. The van der Waals surface area contributed by atoms with Crippen molar-refractivity contribution in [2.45, 2.75) is 6.92 Å². The van der Waals surface area contributed by atoms with Crippen LogP contribution in [0, 0.1) is 0 Å². The van der Waals surface area contributed by atoms with Crippen LogP contribution in [0.15, 0.2) is 12.1 Å². The summed E-state index contributed by atoms with van der Waals surface area (Å²) in [6, 6.07) is 2.79. The Morgan fingerprint density at radius 1 is 1.32 bits per heavy atom. The number of methoxy groups -OCH3 is 1. The van der Waals surface area contributed by atoms with Gasteiger partial charge in [-0.15, -0.1) is 0 Å². The molecular weight excluding hydrogens is 293 g/mol. The van der Waals surface area contributed by atoms with E-state index >= 15 is 0 Å². The zero-order chi connectivity index (χ0) is 14.6. The van der Waals surface area contributed by atoms with Crippen LogP contribution in [0.1, 0.15) is 17.3 Å². The molecule has 0 fully saturated rings. The highest BCUT2D eigenvalue weighted by Gasteiger charge is 2.21. The first-order valence-electron chi connectivity index (χ1n) is 5.44. The van der Waals surface area contributed by atoms with Crippen LogP contribution in [0.3, 0.4) is 0 Å². The van der Waals surface area contributed by atoms with Crippen LogP contribution in [0.5, 0.6) is 5.75 Å². The Kier molecular flexibility index (Phi) is 5.44. The lowest BCUT2D eigenvalue weighted by molar-refractivity contribution is -0.137. The van der Waals surface area contributed by atoms with Gasteiger partial charge < -0.3 is 14.7 Å². The Hall–Kier alpha value is -1.46. The first-order valence-corrected chi connectivity index (χ1v) is 6.20. The van der Waals surface area contributed by atoms with Crippen LogP contribution < -0.4 is 4.74 Å². The maximum atomic E-state index is 12.2. The molecule has 1 rings (SSSR count). The van der Waals surface area contributed by atoms with E-state index in [1.165, 1.54) is 24.1 Å². The number of carboxylic acid groups (broad SMARTS) is 1. The molecule has 0 radical (unpaired) electrons. The predicted octanol–water partition coefficient (Wildman–Crippen LogP) is 2.55. The number of halogens is 2. The molecule has 1 aromatic rings. The molecule has 1 N–H and O–H groups in total. The highest BCUT2D eigenvalue weighted by atomic mass is 35.5. The summed E-state index contributed by atoms with van der Waals surface area (Å²) >= 11 is 11.7. The minimum atomic E-state index is -1.09. The van der Waals surface area contributed by atoms with Crippen molar-refractivity contribution in [3.63, 3.8) is 0 Å². The number of benzene rings is 1. The molecular formula is C12H13Cl2NO4. The largest absolute Gasteiger partial charge is 0.496 e. The van der Waals surface area contributed by atoms with Gasteiger partial charge in [-0.2, -0.15) is 0 Å². The van der Waals surface area contributed by atoms with Gasteiger partial charge in [0.2, 0.25) is 0 Å². The average molecular weight is 306 g/mol. The molecule has 1 amide bonds. The highest BCUT2D eigenvalue weighted by Crippen LogP contribution is 2.31. The number of hydrogen-bond acceptors (Lipinski definition) is 3. The van der Waals surface area contributed by atoms with Gasteiger partial charge in [-0.25, -0.2) is 0 Å². The summed E-state index contributed by atoms with van der Waals surface area (Å²) in [6.45, 7) is 1.55. The third kappa shape index (κ3) is 3.75. The van der Waals surface area contributed by atoms with Gasteiger partial charge in [-0.05, 0) is 13.0 Å². The number of aliphatic carboxylic acids is 1. The Balaban J connectivity index is 3.16. The molecule has 0 bridgehead atoms. The second-order valence-corrected chi connectivity index (χ2v) is 4.49. The fourth-order valence-electron chi connectivity index (χ4n) is 1.53. The van der Waals surface area contributed by atoms with Crippen molar-refractivity contribution < 1.29 is 19.4 Å². The lowest BCUT2D eigenvalue weighted by Crippen LogP contribution is -2.35. The number of amides is 1. The zero-order valence-electron chi connectivity index (χ0n) is 10.4. The van der Waals surface area contributed by atoms with Crippen LogP contribution in [0.4, 0.5) is 0 Å². The standard InChI is InChI=1S/C12H13Cl2NO4/c1-3-15(6-11(16)17)12(18)7-4-8(13)9(14)5-10(7)19-2/h4-5H,3,6H2,1-2H3,(H,16,17). The third-order valence-corrected chi connectivity index (χ3v) is 3.19. The maximum Gasteiger partial charge on any atom is 0.323 e. The van der Waals surface area contributed by atoms with Gasteiger partial charge in [0, 0.05) is 12.6 Å². The lowest BCUT2D eigenvalue weighted by atomic mass is 10.1. The first-order chi connectivity index (χ1) is 8.90. The normalized spacial score (nSPS) is 10.1. The molecule has 0 atom stereocenters. The Bertz CT molecular complexity index is 505. The molecule has 1 aromatic carbocycles. The molecule has 0 aromatic heterocycles. The number of ether oxygens (including phenoxy) is 1. The summed E-state index contributed by atoms with van der Waals surface area (Å²) in [5.74, 6) is -1.31. The van der Waals surface area contributed by atoms with E-state index in [9.17, 15) is 9.59 Å². The smallest absolute Gasteiger partial charge is 0.323 e. The summed E-state index contributed by atoms with van der Waals surface area (Å²) < 4.78 is 5.06. The molecule has 0 aliphatic rings. The number of carboxylic acids is 1. The fourth-order valence-corrected chi connectivity index (χ4v) is 1.84. The topological polar surface area (TPSA) is 66.8 Å². The van der Waals surface area contributed by atoms with Gasteiger partial charge in [0.05, 0.1) is 22.7 Å². The van der Waals surface area contributed by atoms with Crippen molar-refractivity contribution in [2.24, 2.45) is 0 Å². The quantitative estimate of drug-likeness (QED) is 0.908. The molecule has 7 heteroatoms. The van der Waals surface area contributed by atoms with Crippen LogP contribution in [0.25, 0.3) is 0 Å². The molecule has 0 unspecified atom stereocenters. The van der Waals surface area contributed by atoms with Gasteiger partial charge in [0.1, 0.15) is 12.3 Å². The predicted molar refractivity (Wildman–Crippen MR) is 72.2 cm³/mol. The summed E-state index contributed by atoms with van der Waals surface area (Å²) in [6.07, 6.45) is 0. The van der Waals surface area contributed by atoms with E-state index in [-0.39, 0.29) is 27.9 Å². The summed E-state index contributed by atoms with van der Waals surface area (Å²) in [5.41, 5.74) is 0.181. The van der Waals surface area contributed by atoms with Gasteiger partial charge in [-0.1, -0.05) is 23.2 Å². The Morgan fingerprint density at radius 2 is 1.89 bits per heavy atom. The van der Waals surface area contributed by atoms with Crippen molar-refractivity contribution in [3.8, 4) is 5.75 Å². The van der Waals surface area contributed by atoms with E-state index in [1.54, 1.807) is 6.92 Å². The summed E-state index contributed by atoms with van der Waals surface area (Å²) in [5, 5.41) is 9.23. The van der Waals surface area contributed by atoms with E-state index in [4.69, 9.17) is 33.0 Å². The van der Waals surface area contributed by atoms with Crippen LogP contribution in [-0.4, -0.2) is 42.1 Å². The third-order valence-electron chi connectivity index (χ3n) is 2.47. The van der Waals surface area contributed by atoms with E-state index < -0.39 is 18.4 Å². The van der Waals surface area contributed by atoms with Crippen molar-refractivity contribution in [1.29, 1.82) is 0 Å². The molecule has 0 heterocycles. The summed E-state index contributed by atoms with van der Waals surface area (Å²) in [7, 11) is 1.39. The van der Waals surface area contributed by atoms with E-state index in [2.05, 4.69) is 0 Å². The average Bonchev–Trinajstić information content (AvgIpc) is 2.37. The molecule has 0 saturated carbocycles. The SMILES string of the molecule is CCN(CC(=O)O)C(=O)c1cc(Cl)c(Cl)cc1OC. The van der Waals surface area contributed by atoms with E-state index in [1.807, 2.05) is 0 Å². The Labute approximate surface area is 120 Å². The highest BCUT2D eigenvalue weighted by molar-refractivity contribution is 6.42. The van der Waals surface area contributed by atoms with Crippen molar-refractivity contribution >= 4 is 35.1 Å². The number of hydrogen-bond donors (Lipinski definition) is 1. The molecule has 19 heavy (non-hydrogen) atoms. The number of carbonyl (C=O) groups is 2. The maximum absolute atomic E-state index is 12.2. The van der Waals surface area contributed by atoms with E-state index in [0.29, 0.717) is 0 Å². The van der Waals surface area contributed by atoms with E-state index in [0.717, 1.165) is 0 Å². The zero-order valence-corrected chi connectivity index (χ0v) is 12.0. The minimum Gasteiger partial charge on any atom is -0.496 e. The second-order valence-electron chi connectivity index (χ2n) is 3.68. The Morgan fingerprint density at radius 3 is 2.37 bits per heavy atom. The summed E-state index contributed by atoms with van der Waals surface area (Å²) in [4.78, 5) is 24.1. The lowest BCUT2D eigenvalue weighted by Gasteiger charge is -2.20. The number of nitrogens with zero attached hydrogens (tertiary/aromatic N) is 1. The molecule has 0 saturated heterocycles. The molecule has 0 aliphatic heterocycles. The fraction of sp³-hybridized carbons (Fsp3) is 0.333. The van der Waals surface area contributed by atoms with Crippen LogP contribution in [-0.2, 0) is 4.79 Å². The van der Waals surface area contributed by atoms with Crippen molar-refractivity contribution in [1.82, 2.24) is 4.90 Å². The second kappa shape index (κ2) is 6.63. The van der Waals surface area contributed by atoms with Crippen LogP contribution >= 0.6 is 23.2 Å². The monoisotopic (exact) mass is 305 g/mol. The first kappa shape index (κ1) is 15.6. The van der Waals surface area contributed by atoms with Crippen LogP contribution in [0.2, 0.25) is 10.0 Å². The van der Waals surface area contributed by atoms with Gasteiger partial charge in [0.15, 0.2) is 0 Å². The molecule has 0 aliphatic carbocycles. The van der Waals surface area contributed by atoms with Gasteiger partial charge in [-0.3, -0.25) is 9.59 Å². The van der Waals surface area contributed by atoms with Crippen molar-refractivity contribution in [3.05, 3.63) is 27.7 Å². The molecule has 5 nitrogen and oxygen atoms in total. The van der Waals surface area contributed by atoms with Gasteiger partial charge >= 0.3 is 5.97 Å². The number of likely N-dealkylation sites (N-methyl/N-ethyl adjacent to an activating group) is 1. The number of rotatable bonds is 5. The van der Waals surface area contributed by atoms with Crippen molar-refractivity contribution in [2.75, 3.05) is 20.2 Å².